The van der Waals surface area contributed by atoms with Crippen molar-refractivity contribution in [2.24, 2.45) is 0 Å². The van der Waals surface area contributed by atoms with Gasteiger partial charge in [-0.15, -0.1) is 0 Å². The molecule has 0 radical (unpaired) electrons. The van der Waals surface area contributed by atoms with E-state index in [-0.39, 0.29) is 10.6 Å². The Morgan fingerprint density at radius 3 is 3.00 bits per heavy atom. The molecule has 1 aromatic carbocycles. The SMILES string of the molecule is Cc1ccc2c(c1)CCC(Br)C2=O. The largest absolute Gasteiger partial charge is 0.293 e. The first-order chi connectivity index (χ1) is 6.18. The summed E-state index contributed by atoms with van der Waals surface area (Å²) < 4.78 is 0. The number of ketones is 1. The molecular formula is C11H11BrO. The van der Waals surface area contributed by atoms with E-state index in [9.17, 15) is 4.79 Å². The Balaban J connectivity index is 2.50. The lowest BCUT2D eigenvalue weighted by molar-refractivity contribution is 0.0981. The molecule has 1 atom stereocenters. The molecule has 0 aromatic heterocycles. The third-order valence-electron chi connectivity index (χ3n) is 2.48. The molecule has 1 unspecified atom stereocenters. The van der Waals surface area contributed by atoms with Crippen molar-refractivity contribution in [1.29, 1.82) is 0 Å². The molecule has 0 heterocycles. The number of halogens is 1. The Hall–Kier alpha value is -0.630. The van der Waals surface area contributed by atoms with E-state index >= 15 is 0 Å². The first-order valence-corrected chi connectivity index (χ1v) is 5.38. The highest BCUT2D eigenvalue weighted by Crippen LogP contribution is 2.26. The van der Waals surface area contributed by atoms with Crippen LogP contribution in [0.5, 0.6) is 0 Å². The number of hydrogen-bond donors (Lipinski definition) is 0. The summed E-state index contributed by atoms with van der Waals surface area (Å²) in [6.07, 6.45) is 1.94. The highest BCUT2D eigenvalue weighted by Gasteiger charge is 2.24. The Kier molecular flexibility index (Phi) is 2.24. The van der Waals surface area contributed by atoms with Crippen LogP contribution in [0, 0.1) is 6.92 Å². The van der Waals surface area contributed by atoms with Crippen LogP contribution in [-0.4, -0.2) is 10.6 Å². The van der Waals surface area contributed by atoms with Crippen LogP contribution < -0.4 is 0 Å². The van der Waals surface area contributed by atoms with Crippen LogP contribution in [0.4, 0.5) is 0 Å². The molecular weight excluding hydrogens is 228 g/mol. The van der Waals surface area contributed by atoms with Crippen molar-refractivity contribution in [2.45, 2.75) is 24.6 Å². The standard InChI is InChI=1S/C11H11BrO/c1-7-2-4-9-8(6-7)3-5-10(12)11(9)13/h2,4,6,10H,3,5H2,1H3. The summed E-state index contributed by atoms with van der Waals surface area (Å²) in [4.78, 5) is 11.7. The maximum absolute atomic E-state index is 11.7. The van der Waals surface area contributed by atoms with Gasteiger partial charge in [-0.05, 0) is 25.3 Å². The fourth-order valence-corrected chi connectivity index (χ4v) is 2.23. The van der Waals surface area contributed by atoms with Gasteiger partial charge in [0.15, 0.2) is 5.78 Å². The minimum Gasteiger partial charge on any atom is -0.293 e. The van der Waals surface area contributed by atoms with Gasteiger partial charge in [-0.1, -0.05) is 39.7 Å². The van der Waals surface area contributed by atoms with E-state index in [2.05, 4.69) is 28.9 Å². The molecule has 1 aromatic rings. The van der Waals surface area contributed by atoms with Gasteiger partial charge in [0.05, 0.1) is 4.83 Å². The van der Waals surface area contributed by atoms with Gasteiger partial charge in [0.25, 0.3) is 0 Å². The predicted octanol–water partition coefficient (Wildman–Crippen LogP) is 2.89. The van der Waals surface area contributed by atoms with Crippen LogP contribution in [0.2, 0.25) is 0 Å². The summed E-state index contributed by atoms with van der Waals surface area (Å²) in [5, 5.41) is 0. The molecule has 1 nitrogen and oxygen atoms in total. The van der Waals surface area contributed by atoms with E-state index < -0.39 is 0 Å². The topological polar surface area (TPSA) is 17.1 Å². The van der Waals surface area contributed by atoms with Crippen molar-refractivity contribution in [3.05, 3.63) is 34.9 Å². The van der Waals surface area contributed by atoms with Crippen molar-refractivity contribution < 1.29 is 4.79 Å². The molecule has 68 valence electrons. The minimum atomic E-state index is 0.0303. The fraction of sp³-hybridized carbons (Fsp3) is 0.364. The molecule has 2 heteroatoms. The summed E-state index contributed by atoms with van der Waals surface area (Å²) in [6, 6.07) is 6.06. The van der Waals surface area contributed by atoms with Gasteiger partial charge in [-0.25, -0.2) is 0 Å². The van der Waals surface area contributed by atoms with Crippen molar-refractivity contribution >= 4 is 21.7 Å². The van der Waals surface area contributed by atoms with Crippen LogP contribution >= 0.6 is 15.9 Å². The van der Waals surface area contributed by atoms with Crippen molar-refractivity contribution in [1.82, 2.24) is 0 Å². The number of Topliss-reactive ketones (excluding diaryl/α,β-unsaturated/α-hetero) is 1. The van der Waals surface area contributed by atoms with Gasteiger partial charge in [0.2, 0.25) is 0 Å². The van der Waals surface area contributed by atoms with Crippen molar-refractivity contribution in [3.63, 3.8) is 0 Å². The van der Waals surface area contributed by atoms with E-state index in [1.807, 2.05) is 12.1 Å². The maximum atomic E-state index is 11.7. The second-order valence-corrected chi connectivity index (χ2v) is 4.64. The number of carbonyl (C=O) groups excluding carboxylic acids is 1. The zero-order valence-corrected chi connectivity index (χ0v) is 9.10. The Bertz CT molecular complexity index is 357. The lowest BCUT2D eigenvalue weighted by atomic mass is 9.89. The summed E-state index contributed by atoms with van der Waals surface area (Å²) in [7, 11) is 0. The molecule has 0 amide bonds. The summed E-state index contributed by atoms with van der Waals surface area (Å²) in [5.41, 5.74) is 3.35. The zero-order valence-electron chi connectivity index (χ0n) is 7.51. The lowest BCUT2D eigenvalue weighted by Gasteiger charge is -2.19. The predicted molar refractivity (Wildman–Crippen MR) is 56.5 cm³/mol. The molecule has 0 saturated carbocycles. The average molecular weight is 239 g/mol. The van der Waals surface area contributed by atoms with Crippen LogP contribution in [0.1, 0.15) is 27.9 Å². The van der Waals surface area contributed by atoms with E-state index in [0.29, 0.717) is 0 Å². The average Bonchev–Trinajstić information content (AvgIpc) is 2.12. The first kappa shape index (κ1) is 8.95. The molecule has 13 heavy (non-hydrogen) atoms. The van der Waals surface area contributed by atoms with Crippen LogP contribution in [0.3, 0.4) is 0 Å². The van der Waals surface area contributed by atoms with E-state index in [1.54, 1.807) is 0 Å². The highest BCUT2D eigenvalue weighted by molar-refractivity contribution is 9.10. The van der Waals surface area contributed by atoms with Crippen LogP contribution in [0.25, 0.3) is 0 Å². The smallest absolute Gasteiger partial charge is 0.176 e. The van der Waals surface area contributed by atoms with Gasteiger partial charge in [-0.2, -0.15) is 0 Å². The number of benzene rings is 1. The normalized spacial score (nSPS) is 21.4. The third kappa shape index (κ3) is 1.55. The lowest BCUT2D eigenvalue weighted by Crippen LogP contribution is -2.22. The van der Waals surface area contributed by atoms with E-state index in [4.69, 9.17) is 0 Å². The third-order valence-corrected chi connectivity index (χ3v) is 3.35. The molecule has 1 aliphatic rings. The number of alkyl halides is 1. The number of rotatable bonds is 0. The monoisotopic (exact) mass is 238 g/mol. The highest BCUT2D eigenvalue weighted by atomic mass is 79.9. The summed E-state index contributed by atoms with van der Waals surface area (Å²) >= 11 is 3.39. The molecule has 0 N–H and O–H groups in total. The number of hydrogen-bond acceptors (Lipinski definition) is 1. The van der Waals surface area contributed by atoms with E-state index in [1.165, 1.54) is 11.1 Å². The Morgan fingerprint density at radius 1 is 1.46 bits per heavy atom. The molecule has 1 aliphatic carbocycles. The van der Waals surface area contributed by atoms with Gasteiger partial charge < -0.3 is 0 Å². The Labute approximate surface area is 86.3 Å². The van der Waals surface area contributed by atoms with Crippen molar-refractivity contribution in [2.75, 3.05) is 0 Å². The van der Waals surface area contributed by atoms with Crippen LogP contribution in [0.15, 0.2) is 18.2 Å². The van der Waals surface area contributed by atoms with Gasteiger partial charge in [-0.3, -0.25) is 4.79 Å². The summed E-state index contributed by atoms with van der Waals surface area (Å²) in [5.74, 6) is 0.237. The molecule has 0 aliphatic heterocycles. The molecule has 0 saturated heterocycles. The van der Waals surface area contributed by atoms with Crippen LogP contribution in [-0.2, 0) is 6.42 Å². The fourth-order valence-electron chi connectivity index (χ4n) is 1.75. The zero-order chi connectivity index (χ0) is 9.42. The van der Waals surface area contributed by atoms with Gasteiger partial charge in [0.1, 0.15) is 0 Å². The quantitative estimate of drug-likeness (QED) is 0.636. The van der Waals surface area contributed by atoms with Gasteiger partial charge >= 0.3 is 0 Å². The molecule has 2 rings (SSSR count). The Morgan fingerprint density at radius 2 is 2.23 bits per heavy atom. The molecule has 0 spiro atoms. The van der Waals surface area contributed by atoms with Gasteiger partial charge in [0, 0.05) is 5.56 Å². The molecule has 0 fully saturated rings. The second kappa shape index (κ2) is 3.26. The van der Waals surface area contributed by atoms with E-state index in [0.717, 1.165) is 18.4 Å². The number of fused-ring (bicyclic) bond motifs is 1. The second-order valence-electron chi connectivity index (χ2n) is 3.53. The maximum Gasteiger partial charge on any atom is 0.176 e. The molecule has 0 bridgehead atoms. The number of aryl methyl sites for hydroxylation is 2. The summed E-state index contributed by atoms with van der Waals surface area (Å²) in [6.45, 7) is 2.06. The first-order valence-electron chi connectivity index (χ1n) is 4.46. The number of carbonyl (C=O) groups is 1. The van der Waals surface area contributed by atoms with Crippen molar-refractivity contribution in [3.8, 4) is 0 Å². The minimum absolute atomic E-state index is 0.0303.